The Morgan fingerprint density at radius 3 is 2.78 bits per heavy atom. The first kappa shape index (κ1) is 28.7. The number of hydrogen-bond donors (Lipinski definition) is 3. The Labute approximate surface area is 241 Å². The fourth-order valence-electron chi connectivity index (χ4n) is 5.02. The molecule has 2 aliphatic heterocycles. The summed E-state index contributed by atoms with van der Waals surface area (Å²) in [6, 6.07) is 7.81. The van der Waals surface area contributed by atoms with Gasteiger partial charge in [0, 0.05) is 43.0 Å². The summed E-state index contributed by atoms with van der Waals surface area (Å²) in [5.41, 5.74) is 2.70. The van der Waals surface area contributed by atoms with E-state index in [2.05, 4.69) is 20.6 Å². The number of aliphatic hydroxyl groups excluding tert-OH is 1. The quantitative estimate of drug-likeness (QED) is 0.348. The molecule has 1 aromatic heterocycles. The lowest BCUT2D eigenvalue weighted by atomic mass is 10.0. The molecule has 0 spiro atoms. The third-order valence-corrected chi connectivity index (χ3v) is 7.67. The molecule has 1 fully saturated rings. The van der Waals surface area contributed by atoms with Crippen molar-refractivity contribution in [2.45, 2.75) is 44.4 Å². The van der Waals surface area contributed by atoms with Gasteiger partial charge in [0.1, 0.15) is 17.6 Å². The van der Waals surface area contributed by atoms with Crippen LogP contribution in [0.2, 0.25) is 5.02 Å². The number of amides is 2. The maximum absolute atomic E-state index is 14.0. The predicted octanol–water partition coefficient (Wildman–Crippen LogP) is 3.73. The standard InChI is InChI=1S/C29H31ClFN5O5/c1-16(27(38)34-25(15-37)19-9-20(31)12-22(10-19)40-2)36-14-18-4-3-17(11-23(18)28(36)39)26-24(30)13-32-29(35-26)33-21-5-7-41-8-6-21/h3-4,9-13,16,21,25,37H,5-8,14-15H2,1-2H3,(H,34,38)(H,32,33,35). The molecule has 216 valence electrons. The largest absolute Gasteiger partial charge is 0.497 e. The summed E-state index contributed by atoms with van der Waals surface area (Å²) in [5.74, 6) is -0.655. The molecule has 0 aliphatic carbocycles. The Bertz CT molecular complexity index is 1450. The van der Waals surface area contributed by atoms with Crippen LogP contribution in [0, 0.1) is 5.82 Å². The number of nitrogens with one attached hydrogen (secondary N) is 2. The smallest absolute Gasteiger partial charge is 0.255 e. The van der Waals surface area contributed by atoms with Gasteiger partial charge in [-0.2, -0.15) is 0 Å². The minimum Gasteiger partial charge on any atom is -0.497 e. The maximum Gasteiger partial charge on any atom is 0.255 e. The van der Waals surface area contributed by atoms with Gasteiger partial charge in [-0.05, 0) is 49.1 Å². The average Bonchev–Trinajstić information content (AvgIpc) is 3.31. The summed E-state index contributed by atoms with van der Waals surface area (Å²) in [6.45, 7) is 2.73. The van der Waals surface area contributed by atoms with Crippen LogP contribution < -0.4 is 15.4 Å². The van der Waals surface area contributed by atoms with Crippen LogP contribution in [0.5, 0.6) is 5.75 Å². The lowest BCUT2D eigenvalue weighted by molar-refractivity contribution is -0.126. The molecule has 5 rings (SSSR count). The normalized spacial score (nSPS) is 16.7. The molecule has 3 aromatic rings. The SMILES string of the molecule is COc1cc(F)cc(C(CO)NC(=O)C(C)N2Cc3ccc(-c4nc(NC5CCOCC5)ncc4Cl)cc3C2=O)c1. The zero-order valence-electron chi connectivity index (χ0n) is 22.7. The molecule has 0 bridgehead atoms. The number of benzene rings is 2. The van der Waals surface area contributed by atoms with Crippen molar-refractivity contribution in [2.75, 3.05) is 32.2 Å². The molecule has 1 saturated heterocycles. The van der Waals surface area contributed by atoms with E-state index >= 15 is 0 Å². The van der Waals surface area contributed by atoms with E-state index in [1.54, 1.807) is 13.0 Å². The second-order valence-corrected chi connectivity index (χ2v) is 10.5. The van der Waals surface area contributed by atoms with E-state index in [0.29, 0.717) is 46.6 Å². The topological polar surface area (TPSA) is 126 Å². The van der Waals surface area contributed by atoms with Crippen molar-refractivity contribution in [2.24, 2.45) is 0 Å². The van der Waals surface area contributed by atoms with Crippen molar-refractivity contribution >= 4 is 29.4 Å². The van der Waals surface area contributed by atoms with E-state index in [0.717, 1.165) is 18.4 Å². The highest BCUT2D eigenvalue weighted by molar-refractivity contribution is 6.33. The molecule has 2 aliphatic rings. The number of fused-ring (bicyclic) bond motifs is 1. The minimum absolute atomic E-state index is 0.203. The Balaban J connectivity index is 1.31. The fourth-order valence-corrected chi connectivity index (χ4v) is 5.22. The summed E-state index contributed by atoms with van der Waals surface area (Å²) < 4.78 is 24.5. The molecular formula is C29H31ClFN5O5. The van der Waals surface area contributed by atoms with Crippen LogP contribution in [-0.4, -0.2) is 70.8 Å². The van der Waals surface area contributed by atoms with Crippen LogP contribution in [0.25, 0.3) is 11.3 Å². The molecule has 2 unspecified atom stereocenters. The molecule has 2 amide bonds. The van der Waals surface area contributed by atoms with Gasteiger partial charge in [0.25, 0.3) is 5.91 Å². The number of anilines is 1. The molecule has 3 N–H and O–H groups in total. The number of carbonyl (C=O) groups is 2. The Morgan fingerprint density at radius 2 is 2.05 bits per heavy atom. The third kappa shape index (κ3) is 6.27. The minimum atomic E-state index is -0.884. The van der Waals surface area contributed by atoms with Gasteiger partial charge in [0.15, 0.2) is 0 Å². The van der Waals surface area contributed by atoms with Gasteiger partial charge >= 0.3 is 0 Å². The first-order chi connectivity index (χ1) is 19.8. The van der Waals surface area contributed by atoms with Gasteiger partial charge in [-0.15, -0.1) is 0 Å². The summed E-state index contributed by atoms with van der Waals surface area (Å²) in [7, 11) is 1.40. The third-order valence-electron chi connectivity index (χ3n) is 7.39. The number of hydrogen-bond acceptors (Lipinski definition) is 8. The number of aliphatic hydroxyl groups is 1. The number of aromatic nitrogens is 2. The summed E-state index contributed by atoms with van der Waals surface area (Å²) in [5, 5.41) is 16.3. The summed E-state index contributed by atoms with van der Waals surface area (Å²) >= 11 is 6.45. The Hall–Kier alpha value is -3.80. The highest BCUT2D eigenvalue weighted by atomic mass is 35.5. The van der Waals surface area contributed by atoms with Crippen molar-refractivity contribution in [1.82, 2.24) is 20.2 Å². The molecule has 41 heavy (non-hydrogen) atoms. The van der Waals surface area contributed by atoms with Crippen LogP contribution >= 0.6 is 11.6 Å². The molecule has 0 radical (unpaired) electrons. The number of rotatable bonds is 9. The monoisotopic (exact) mass is 583 g/mol. The van der Waals surface area contributed by atoms with E-state index < -0.39 is 30.4 Å². The second-order valence-electron chi connectivity index (χ2n) is 10.1. The van der Waals surface area contributed by atoms with Crippen molar-refractivity contribution in [3.8, 4) is 17.0 Å². The van der Waals surface area contributed by atoms with Crippen LogP contribution in [0.1, 0.15) is 47.3 Å². The van der Waals surface area contributed by atoms with E-state index in [-0.39, 0.29) is 24.2 Å². The highest BCUT2D eigenvalue weighted by Gasteiger charge is 2.35. The highest BCUT2D eigenvalue weighted by Crippen LogP contribution is 2.32. The number of methoxy groups -OCH3 is 1. The molecule has 2 atom stereocenters. The zero-order chi connectivity index (χ0) is 29.1. The van der Waals surface area contributed by atoms with Crippen LogP contribution in [0.15, 0.2) is 42.6 Å². The van der Waals surface area contributed by atoms with E-state index in [1.807, 2.05) is 12.1 Å². The lowest BCUT2D eigenvalue weighted by Crippen LogP contribution is -2.46. The van der Waals surface area contributed by atoms with Crippen molar-refractivity contribution < 1.29 is 28.6 Å². The number of ether oxygens (including phenoxy) is 2. The molecular weight excluding hydrogens is 553 g/mol. The fraction of sp³-hybridized carbons (Fsp3) is 0.379. The van der Waals surface area contributed by atoms with Gasteiger partial charge in [0.05, 0.1) is 36.7 Å². The predicted molar refractivity (Wildman–Crippen MR) is 150 cm³/mol. The van der Waals surface area contributed by atoms with Crippen LogP contribution in [-0.2, 0) is 16.1 Å². The molecule has 12 heteroatoms. The van der Waals surface area contributed by atoms with Crippen LogP contribution in [0.3, 0.4) is 0 Å². The number of nitrogens with zero attached hydrogens (tertiary/aromatic N) is 3. The molecule has 0 saturated carbocycles. The Morgan fingerprint density at radius 1 is 1.27 bits per heavy atom. The summed E-state index contributed by atoms with van der Waals surface area (Å²) in [4.78, 5) is 37.0. The lowest BCUT2D eigenvalue weighted by Gasteiger charge is -2.26. The van der Waals surface area contributed by atoms with Gasteiger partial charge in [0.2, 0.25) is 11.9 Å². The molecule has 2 aromatic carbocycles. The van der Waals surface area contributed by atoms with Crippen molar-refractivity contribution in [3.63, 3.8) is 0 Å². The maximum atomic E-state index is 14.0. The first-order valence-corrected chi connectivity index (χ1v) is 13.7. The second kappa shape index (κ2) is 12.4. The molecule has 3 heterocycles. The first-order valence-electron chi connectivity index (χ1n) is 13.3. The van der Waals surface area contributed by atoms with E-state index in [9.17, 15) is 19.1 Å². The van der Waals surface area contributed by atoms with E-state index in [4.69, 9.17) is 21.1 Å². The van der Waals surface area contributed by atoms with Gasteiger partial charge < -0.3 is 30.1 Å². The van der Waals surface area contributed by atoms with Crippen molar-refractivity contribution in [1.29, 1.82) is 0 Å². The average molecular weight is 584 g/mol. The van der Waals surface area contributed by atoms with Gasteiger partial charge in [-0.1, -0.05) is 23.7 Å². The summed E-state index contributed by atoms with van der Waals surface area (Å²) in [6.07, 6.45) is 3.24. The van der Waals surface area contributed by atoms with Crippen molar-refractivity contribution in [3.05, 3.63) is 70.1 Å². The van der Waals surface area contributed by atoms with Crippen LogP contribution in [0.4, 0.5) is 10.3 Å². The Kier molecular flexibility index (Phi) is 8.67. The number of carbonyl (C=O) groups excluding carboxylic acids is 2. The van der Waals surface area contributed by atoms with E-state index in [1.165, 1.54) is 36.4 Å². The number of halogens is 2. The molecule has 10 nitrogen and oxygen atoms in total. The van der Waals surface area contributed by atoms with Gasteiger partial charge in [-0.3, -0.25) is 9.59 Å². The zero-order valence-corrected chi connectivity index (χ0v) is 23.4. The van der Waals surface area contributed by atoms with Gasteiger partial charge in [-0.25, -0.2) is 14.4 Å².